The maximum Gasteiger partial charge on any atom is 0.266 e. The summed E-state index contributed by atoms with van der Waals surface area (Å²) in [6.07, 6.45) is 0.433. The molecule has 0 unspecified atom stereocenters. The lowest BCUT2D eigenvalue weighted by Crippen LogP contribution is -2.18. The summed E-state index contributed by atoms with van der Waals surface area (Å²) in [7, 11) is 1.61. The van der Waals surface area contributed by atoms with E-state index >= 15 is 0 Å². The Morgan fingerprint density at radius 1 is 1.32 bits per heavy atom. The Kier molecular flexibility index (Phi) is 3.75. The number of rotatable bonds is 3. The molecule has 1 amide bonds. The van der Waals surface area contributed by atoms with Crippen LogP contribution < -0.4 is 10.9 Å². The van der Waals surface area contributed by atoms with Crippen molar-refractivity contribution in [2.24, 2.45) is 7.05 Å². The standard InChI is InChI=1S/C14H15N3O2/c1-3-13(18)15-11-6-4-5-10(9-11)12-7-8-14(19)17(2)16-12/h4-9H,3H2,1-2H3,(H,15,18). The van der Waals surface area contributed by atoms with E-state index in [1.54, 1.807) is 20.0 Å². The molecule has 19 heavy (non-hydrogen) atoms. The Balaban J connectivity index is 2.34. The van der Waals surface area contributed by atoms with Crippen molar-refractivity contribution < 1.29 is 4.79 Å². The minimum absolute atomic E-state index is 0.0365. The van der Waals surface area contributed by atoms with Gasteiger partial charge >= 0.3 is 0 Å². The molecular formula is C14H15N3O2. The van der Waals surface area contributed by atoms with E-state index in [1.165, 1.54) is 10.7 Å². The van der Waals surface area contributed by atoms with Crippen molar-refractivity contribution in [1.82, 2.24) is 9.78 Å². The van der Waals surface area contributed by atoms with Gasteiger partial charge in [-0.1, -0.05) is 19.1 Å². The fourth-order valence-corrected chi connectivity index (χ4v) is 1.66. The summed E-state index contributed by atoms with van der Waals surface area (Å²) in [6, 6.07) is 10.5. The predicted molar refractivity (Wildman–Crippen MR) is 73.8 cm³/mol. The molecule has 5 heteroatoms. The number of carbonyl (C=O) groups is 1. The molecule has 1 aromatic heterocycles. The van der Waals surface area contributed by atoms with E-state index in [0.29, 0.717) is 12.1 Å². The molecule has 1 aromatic carbocycles. The lowest BCUT2D eigenvalue weighted by Gasteiger charge is -2.07. The van der Waals surface area contributed by atoms with Gasteiger partial charge in [0.25, 0.3) is 5.56 Å². The average molecular weight is 257 g/mol. The van der Waals surface area contributed by atoms with Crippen molar-refractivity contribution in [2.75, 3.05) is 5.32 Å². The first-order chi connectivity index (χ1) is 9.10. The molecule has 0 spiro atoms. The van der Waals surface area contributed by atoms with Crippen LogP contribution in [0.1, 0.15) is 13.3 Å². The summed E-state index contributed by atoms with van der Waals surface area (Å²) in [4.78, 5) is 22.7. The molecule has 0 radical (unpaired) electrons. The third-order valence-electron chi connectivity index (χ3n) is 2.72. The number of nitrogens with one attached hydrogen (secondary N) is 1. The first-order valence-corrected chi connectivity index (χ1v) is 6.05. The van der Waals surface area contributed by atoms with E-state index in [1.807, 2.05) is 24.3 Å². The van der Waals surface area contributed by atoms with E-state index in [4.69, 9.17) is 0 Å². The molecule has 0 saturated heterocycles. The van der Waals surface area contributed by atoms with Gasteiger partial charge in [-0.2, -0.15) is 5.10 Å². The average Bonchev–Trinajstić information content (AvgIpc) is 2.42. The second-order valence-corrected chi connectivity index (χ2v) is 4.16. The van der Waals surface area contributed by atoms with Crippen molar-refractivity contribution in [3.63, 3.8) is 0 Å². The number of nitrogens with zero attached hydrogens (tertiary/aromatic N) is 2. The summed E-state index contributed by atoms with van der Waals surface area (Å²) in [5, 5.41) is 6.97. The van der Waals surface area contributed by atoms with Gasteiger partial charge in [-0.3, -0.25) is 9.59 Å². The largest absolute Gasteiger partial charge is 0.326 e. The summed E-state index contributed by atoms with van der Waals surface area (Å²) in [5.74, 6) is -0.0365. The van der Waals surface area contributed by atoms with Crippen molar-refractivity contribution in [3.8, 4) is 11.3 Å². The van der Waals surface area contributed by atoms with Gasteiger partial charge in [0.05, 0.1) is 5.69 Å². The van der Waals surface area contributed by atoms with Crippen LogP contribution >= 0.6 is 0 Å². The van der Waals surface area contributed by atoms with Gasteiger partial charge in [0.2, 0.25) is 5.91 Å². The third-order valence-corrected chi connectivity index (χ3v) is 2.72. The highest BCUT2D eigenvalue weighted by Gasteiger charge is 2.04. The first kappa shape index (κ1) is 13.0. The Hall–Kier alpha value is -2.43. The van der Waals surface area contributed by atoms with E-state index in [9.17, 15) is 9.59 Å². The Morgan fingerprint density at radius 3 is 2.79 bits per heavy atom. The van der Waals surface area contributed by atoms with Crippen molar-refractivity contribution in [3.05, 3.63) is 46.8 Å². The number of benzene rings is 1. The topological polar surface area (TPSA) is 64.0 Å². The van der Waals surface area contributed by atoms with Crippen molar-refractivity contribution >= 4 is 11.6 Å². The molecular weight excluding hydrogens is 242 g/mol. The van der Waals surface area contributed by atoms with Crippen LogP contribution in [0.2, 0.25) is 0 Å². The van der Waals surface area contributed by atoms with Crippen LogP contribution in [0.5, 0.6) is 0 Å². The molecule has 2 aromatic rings. The Morgan fingerprint density at radius 2 is 2.11 bits per heavy atom. The van der Waals surface area contributed by atoms with Crippen LogP contribution in [0, 0.1) is 0 Å². The number of anilines is 1. The number of aryl methyl sites for hydroxylation is 1. The highest BCUT2D eigenvalue weighted by Crippen LogP contribution is 2.19. The molecule has 0 saturated carbocycles. The molecule has 0 aliphatic rings. The van der Waals surface area contributed by atoms with Gasteiger partial charge in [0, 0.05) is 30.8 Å². The number of hydrogen-bond donors (Lipinski definition) is 1. The Bertz CT molecular complexity index is 662. The zero-order valence-electron chi connectivity index (χ0n) is 10.9. The van der Waals surface area contributed by atoms with E-state index in [0.717, 1.165) is 11.3 Å². The summed E-state index contributed by atoms with van der Waals surface area (Å²) in [5.41, 5.74) is 2.11. The molecule has 1 heterocycles. The van der Waals surface area contributed by atoms with E-state index in [2.05, 4.69) is 10.4 Å². The molecule has 98 valence electrons. The summed E-state index contributed by atoms with van der Waals surface area (Å²) >= 11 is 0. The smallest absolute Gasteiger partial charge is 0.266 e. The second-order valence-electron chi connectivity index (χ2n) is 4.16. The van der Waals surface area contributed by atoms with Gasteiger partial charge in [-0.25, -0.2) is 4.68 Å². The van der Waals surface area contributed by atoms with Gasteiger partial charge in [0.15, 0.2) is 0 Å². The van der Waals surface area contributed by atoms with Crippen molar-refractivity contribution in [1.29, 1.82) is 0 Å². The maximum atomic E-state index is 11.4. The minimum Gasteiger partial charge on any atom is -0.326 e. The number of amides is 1. The number of hydrogen-bond acceptors (Lipinski definition) is 3. The van der Waals surface area contributed by atoms with Crippen LogP contribution in [0.25, 0.3) is 11.3 Å². The van der Waals surface area contributed by atoms with E-state index < -0.39 is 0 Å². The maximum absolute atomic E-state index is 11.4. The molecule has 0 fully saturated rings. The molecule has 1 N–H and O–H groups in total. The molecule has 2 rings (SSSR count). The van der Waals surface area contributed by atoms with Gasteiger partial charge in [0.1, 0.15) is 0 Å². The van der Waals surface area contributed by atoms with Gasteiger partial charge < -0.3 is 5.32 Å². The van der Waals surface area contributed by atoms with Crippen LogP contribution in [-0.4, -0.2) is 15.7 Å². The molecule has 0 aliphatic carbocycles. The monoisotopic (exact) mass is 257 g/mol. The molecule has 0 atom stereocenters. The summed E-state index contributed by atoms with van der Waals surface area (Å²) < 4.78 is 1.28. The fraction of sp³-hybridized carbons (Fsp3) is 0.214. The van der Waals surface area contributed by atoms with Crippen molar-refractivity contribution in [2.45, 2.75) is 13.3 Å². The Labute approximate surface area is 110 Å². The minimum atomic E-state index is -0.154. The lowest BCUT2D eigenvalue weighted by molar-refractivity contribution is -0.115. The zero-order valence-corrected chi connectivity index (χ0v) is 10.9. The quantitative estimate of drug-likeness (QED) is 0.911. The van der Waals surface area contributed by atoms with Crippen LogP contribution in [0.3, 0.4) is 0 Å². The van der Waals surface area contributed by atoms with Crippen LogP contribution in [0.4, 0.5) is 5.69 Å². The molecule has 0 bridgehead atoms. The van der Waals surface area contributed by atoms with E-state index in [-0.39, 0.29) is 11.5 Å². The van der Waals surface area contributed by atoms with Crippen LogP contribution in [0.15, 0.2) is 41.2 Å². The second kappa shape index (κ2) is 5.48. The number of carbonyl (C=O) groups excluding carboxylic acids is 1. The fourth-order valence-electron chi connectivity index (χ4n) is 1.66. The molecule has 0 aliphatic heterocycles. The first-order valence-electron chi connectivity index (χ1n) is 6.05. The number of aromatic nitrogens is 2. The van der Waals surface area contributed by atoms with Crippen LogP contribution in [-0.2, 0) is 11.8 Å². The lowest BCUT2D eigenvalue weighted by atomic mass is 10.1. The summed E-state index contributed by atoms with van der Waals surface area (Å²) in [6.45, 7) is 1.80. The highest BCUT2D eigenvalue weighted by molar-refractivity contribution is 5.91. The zero-order chi connectivity index (χ0) is 13.8. The normalized spacial score (nSPS) is 10.2. The van der Waals surface area contributed by atoms with Gasteiger partial charge in [-0.15, -0.1) is 0 Å². The third kappa shape index (κ3) is 3.07. The SMILES string of the molecule is CCC(=O)Nc1cccc(-c2ccc(=O)n(C)n2)c1. The highest BCUT2D eigenvalue weighted by atomic mass is 16.1. The predicted octanol–water partition coefficient (Wildman–Crippen LogP) is 1.80. The van der Waals surface area contributed by atoms with Gasteiger partial charge in [-0.05, 0) is 18.2 Å². The molecule has 5 nitrogen and oxygen atoms in total.